The molecule has 0 fully saturated rings. The number of amides is 3. The van der Waals surface area contributed by atoms with Gasteiger partial charge in [-0.1, -0.05) is 60.7 Å². The van der Waals surface area contributed by atoms with Gasteiger partial charge in [0.25, 0.3) is 5.91 Å². The zero-order valence-corrected chi connectivity index (χ0v) is 17.6. The number of rotatable bonds is 7. The van der Waals surface area contributed by atoms with Crippen LogP contribution in [0.4, 0.5) is 4.79 Å². The van der Waals surface area contributed by atoms with Gasteiger partial charge in [0.2, 0.25) is 5.91 Å². The van der Waals surface area contributed by atoms with Gasteiger partial charge in [-0.2, -0.15) is 0 Å². The van der Waals surface area contributed by atoms with Crippen LogP contribution in [0.25, 0.3) is 0 Å². The molecule has 0 spiro atoms. The third-order valence-electron chi connectivity index (χ3n) is 4.10. The van der Waals surface area contributed by atoms with Crippen LogP contribution >= 0.6 is 0 Å². The van der Waals surface area contributed by atoms with Crippen LogP contribution in [-0.2, 0) is 27.2 Å². The van der Waals surface area contributed by atoms with Crippen LogP contribution in [0.3, 0.4) is 0 Å². The van der Waals surface area contributed by atoms with Gasteiger partial charge in [-0.25, -0.2) is 4.79 Å². The van der Waals surface area contributed by atoms with Gasteiger partial charge in [-0.15, -0.1) is 0 Å². The van der Waals surface area contributed by atoms with Crippen LogP contribution in [0, 0.1) is 0 Å². The molecule has 2 aromatic carbocycles. The highest BCUT2D eigenvalue weighted by Gasteiger charge is 2.25. The molecular weight excluding hydrogens is 382 g/mol. The summed E-state index contributed by atoms with van der Waals surface area (Å²) in [5.41, 5.74) is 6.02. The lowest BCUT2D eigenvalue weighted by atomic mass is 10.1. The Morgan fingerprint density at radius 2 is 1.43 bits per heavy atom. The van der Waals surface area contributed by atoms with E-state index in [-0.39, 0.29) is 18.7 Å². The summed E-state index contributed by atoms with van der Waals surface area (Å²) in [6, 6.07) is 18.0. The molecule has 2 rings (SSSR count). The molecule has 1 atom stereocenters. The zero-order valence-electron chi connectivity index (χ0n) is 17.6. The Morgan fingerprint density at radius 1 is 0.867 bits per heavy atom. The van der Waals surface area contributed by atoms with Gasteiger partial charge in [-0.3, -0.25) is 20.4 Å². The van der Waals surface area contributed by atoms with Crippen molar-refractivity contribution < 1.29 is 19.1 Å². The van der Waals surface area contributed by atoms with E-state index < -0.39 is 23.6 Å². The minimum Gasteiger partial charge on any atom is -0.444 e. The van der Waals surface area contributed by atoms with E-state index in [2.05, 4.69) is 16.2 Å². The molecule has 0 aliphatic heterocycles. The number of aryl methyl sites for hydroxylation is 1. The van der Waals surface area contributed by atoms with Gasteiger partial charge in [-0.05, 0) is 38.3 Å². The molecule has 3 amide bonds. The molecule has 0 aliphatic rings. The number of ether oxygens (including phenoxy) is 1. The Bertz CT molecular complexity index is 833. The van der Waals surface area contributed by atoms with E-state index in [1.165, 1.54) is 0 Å². The average molecular weight is 412 g/mol. The minimum absolute atomic E-state index is 0.229. The second kappa shape index (κ2) is 11.0. The summed E-state index contributed by atoms with van der Waals surface area (Å²) in [4.78, 5) is 36.9. The van der Waals surface area contributed by atoms with Gasteiger partial charge in [0.15, 0.2) is 0 Å². The fraction of sp³-hybridized carbons (Fsp3) is 0.348. The fourth-order valence-electron chi connectivity index (χ4n) is 2.69. The predicted octanol–water partition coefficient (Wildman–Crippen LogP) is 2.90. The van der Waals surface area contributed by atoms with Gasteiger partial charge >= 0.3 is 6.09 Å². The highest BCUT2D eigenvalue weighted by atomic mass is 16.6. The van der Waals surface area contributed by atoms with Gasteiger partial charge in [0.05, 0.1) is 0 Å². The Balaban J connectivity index is 1.92. The Morgan fingerprint density at radius 3 is 2.00 bits per heavy atom. The first-order chi connectivity index (χ1) is 14.2. The van der Waals surface area contributed by atoms with Crippen LogP contribution in [0.2, 0.25) is 0 Å². The highest BCUT2D eigenvalue weighted by molar-refractivity contribution is 5.88. The zero-order chi connectivity index (χ0) is 22.0. The normalized spacial score (nSPS) is 11.8. The molecule has 7 nitrogen and oxygen atoms in total. The maximum Gasteiger partial charge on any atom is 0.408 e. The van der Waals surface area contributed by atoms with Crippen molar-refractivity contribution in [2.45, 2.75) is 51.7 Å². The number of benzene rings is 2. The monoisotopic (exact) mass is 411 g/mol. The number of hydrazine groups is 1. The summed E-state index contributed by atoms with van der Waals surface area (Å²) in [6.07, 6.45) is 0.347. The topological polar surface area (TPSA) is 96.5 Å². The summed E-state index contributed by atoms with van der Waals surface area (Å²) < 4.78 is 5.25. The van der Waals surface area contributed by atoms with Gasteiger partial charge in [0.1, 0.15) is 11.6 Å². The number of hydrogen-bond acceptors (Lipinski definition) is 4. The van der Waals surface area contributed by atoms with Gasteiger partial charge in [0, 0.05) is 12.8 Å². The molecule has 0 radical (unpaired) electrons. The van der Waals surface area contributed by atoms with Crippen LogP contribution in [0.15, 0.2) is 60.7 Å². The Kier molecular flexibility index (Phi) is 8.41. The summed E-state index contributed by atoms with van der Waals surface area (Å²) in [6.45, 7) is 5.23. The van der Waals surface area contributed by atoms with Crippen molar-refractivity contribution in [3.05, 3.63) is 71.8 Å². The van der Waals surface area contributed by atoms with Crippen LogP contribution in [-0.4, -0.2) is 29.6 Å². The van der Waals surface area contributed by atoms with Crippen molar-refractivity contribution in [1.29, 1.82) is 0 Å². The quantitative estimate of drug-likeness (QED) is 0.611. The second-order valence-corrected chi connectivity index (χ2v) is 7.91. The molecule has 3 N–H and O–H groups in total. The molecule has 2 aromatic rings. The molecule has 30 heavy (non-hydrogen) atoms. The summed E-state index contributed by atoms with van der Waals surface area (Å²) in [5, 5.41) is 2.58. The van der Waals surface area contributed by atoms with E-state index in [4.69, 9.17) is 4.74 Å². The van der Waals surface area contributed by atoms with Crippen molar-refractivity contribution in [2.75, 3.05) is 0 Å². The smallest absolute Gasteiger partial charge is 0.408 e. The molecule has 160 valence electrons. The number of hydrogen-bond donors (Lipinski definition) is 3. The largest absolute Gasteiger partial charge is 0.444 e. The molecule has 0 aromatic heterocycles. The van der Waals surface area contributed by atoms with Crippen molar-refractivity contribution in [3.8, 4) is 0 Å². The third kappa shape index (κ3) is 8.77. The first-order valence-electron chi connectivity index (χ1n) is 9.89. The van der Waals surface area contributed by atoms with E-state index in [1.54, 1.807) is 20.8 Å². The van der Waals surface area contributed by atoms with E-state index in [1.807, 2.05) is 60.7 Å². The number of alkyl carbamates (subject to hydrolysis) is 1. The molecule has 1 unspecified atom stereocenters. The number of carbonyl (C=O) groups excluding carboxylic acids is 3. The van der Waals surface area contributed by atoms with Crippen LogP contribution in [0.1, 0.15) is 38.3 Å². The van der Waals surface area contributed by atoms with Crippen molar-refractivity contribution in [3.63, 3.8) is 0 Å². The van der Waals surface area contributed by atoms with E-state index >= 15 is 0 Å². The standard InChI is InChI=1S/C23H29N3O4/c1-23(2,3)30-22(29)24-19(16-18-12-8-5-9-13-18)21(28)26-25-20(27)15-14-17-10-6-4-7-11-17/h4-13,19H,14-16H2,1-3H3,(H,24,29)(H,25,27)(H,26,28). The van der Waals surface area contributed by atoms with E-state index in [0.29, 0.717) is 6.42 Å². The Labute approximate surface area is 177 Å². The summed E-state index contributed by atoms with van der Waals surface area (Å²) >= 11 is 0. The maximum atomic E-state index is 12.6. The molecule has 7 heteroatoms. The summed E-state index contributed by atoms with van der Waals surface area (Å²) in [5.74, 6) is -0.847. The highest BCUT2D eigenvalue weighted by Crippen LogP contribution is 2.09. The lowest BCUT2D eigenvalue weighted by molar-refractivity contribution is -0.130. The number of nitrogens with one attached hydrogen (secondary N) is 3. The molecule has 0 saturated carbocycles. The molecule has 0 bridgehead atoms. The number of carbonyl (C=O) groups is 3. The third-order valence-corrected chi connectivity index (χ3v) is 4.10. The van der Waals surface area contributed by atoms with Crippen LogP contribution in [0.5, 0.6) is 0 Å². The Hall–Kier alpha value is -3.35. The van der Waals surface area contributed by atoms with Gasteiger partial charge < -0.3 is 10.1 Å². The van der Waals surface area contributed by atoms with Crippen LogP contribution < -0.4 is 16.2 Å². The van der Waals surface area contributed by atoms with E-state index in [9.17, 15) is 14.4 Å². The first kappa shape index (κ1) is 22.9. The first-order valence-corrected chi connectivity index (χ1v) is 9.89. The van der Waals surface area contributed by atoms with Crippen molar-refractivity contribution >= 4 is 17.9 Å². The lowest BCUT2D eigenvalue weighted by Gasteiger charge is -2.23. The second-order valence-electron chi connectivity index (χ2n) is 7.91. The average Bonchev–Trinajstić information content (AvgIpc) is 2.70. The molecule has 0 saturated heterocycles. The van der Waals surface area contributed by atoms with E-state index in [0.717, 1.165) is 11.1 Å². The van der Waals surface area contributed by atoms with Crippen molar-refractivity contribution in [2.24, 2.45) is 0 Å². The molecule has 0 aliphatic carbocycles. The lowest BCUT2D eigenvalue weighted by Crippen LogP contribution is -2.53. The molecule has 0 heterocycles. The minimum atomic E-state index is -0.906. The maximum absolute atomic E-state index is 12.6. The SMILES string of the molecule is CC(C)(C)OC(=O)NC(Cc1ccccc1)C(=O)NNC(=O)CCc1ccccc1. The predicted molar refractivity (Wildman–Crippen MR) is 114 cm³/mol. The van der Waals surface area contributed by atoms with Crippen molar-refractivity contribution in [1.82, 2.24) is 16.2 Å². The fourth-order valence-corrected chi connectivity index (χ4v) is 2.69. The summed E-state index contributed by atoms with van der Waals surface area (Å²) in [7, 11) is 0. The molecular formula is C23H29N3O4.